The Morgan fingerprint density at radius 1 is 1.31 bits per heavy atom. The molecule has 0 spiro atoms. The molecule has 1 aromatic heterocycles. The van der Waals surface area contributed by atoms with Crippen molar-refractivity contribution in [1.29, 1.82) is 0 Å². The number of benzene rings is 1. The number of nitrogens with zero attached hydrogens (tertiary/aromatic N) is 1. The third-order valence-electron chi connectivity index (χ3n) is 2.11. The summed E-state index contributed by atoms with van der Waals surface area (Å²) in [5, 5.41) is 0.739. The molecule has 1 heterocycles. The quantitative estimate of drug-likeness (QED) is 0.908. The van der Waals surface area contributed by atoms with E-state index in [1.54, 1.807) is 18.0 Å². The first-order valence-electron chi connectivity index (χ1n) is 4.86. The molecule has 0 aliphatic rings. The van der Waals surface area contributed by atoms with Crippen LogP contribution in [0.4, 0.5) is 0 Å². The maximum absolute atomic E-state index is 5.93. The van der Waals surface area contributed by atoms with Crippen molar-refractivity contribution in [2.45, 2.75) is 16.3 Å². The topological polar surface area (TPSA) is 38.9 Å². The Labute approximate surface area is 104 Å². The van der Waals surface area contributed by atoms with Gasteiger partial charge in [0.25, 0.3) is 0 Å². The summed E-state index contributed by atoms with van der Waals surface area (Å²) in [6.07, 6.45) is 3.58. The summed E-state index contributed by atoms with van der Waals surface area (Å²) in [4.78, 5) is 6.27. The smallest absolute Gasteiger partial charge is 0.0417 e. The molecule has 4 heteroatoms. The zero-order valence-electron chi connectivity index (χ0n) is 8.56. The molecule has 2 nitrogen and oxygen atoms in total. The molecule has 2 rings (SSSR count). The summed E-state index contributed by atoms with van der Waals surface area (Å²) < 4.78 is 0. The summed E-state index contributed by atoms with van der Waals surface area (Å²) in [7, 11) is 0. The monoisotopic (exact) mass is 250 g/mol. The second kappa shape index (κ2) is 5.34. The first-order chi connectivity index (χ1) is 7.79. The summed E-state index contributed by atoms with van der Waals surface area (Å²) in [5.41, 5.74) is 6.76. The summed E-state index contributed by atoms with van der Waals surface area (Å²) >= 11 is 7.56. The Balaban J connectivity index is 2.26. The molecule has 0 atom stereocenters. The van der Waals surface area contributed by atoms with E-state index in [2.05, 4.69) is 4.98 Å². The fourth-order valence-corrected chi connectivity index (χ4v) is 2.56. The molecule has 0 fully saturated rings. The first-order valence-corrected chi connectivity index (χ1v) is 6.05. The number of hydrogen-bond acceptors (Lipinski definition) is 3. The zero-order chi connectivity index (χ0) is 11.4. The van der Waals surface area contributed by atoms with E-state index in [1.807, 2.05) is 36.5 Å². The van der Waals surface area contributed by atoms with Crippen LogP contribution in [0, 0.1) is 0 Å². The highest BCUT2D eigenvalue weighted by atomic mass is 35.5. The van der Waals surface area contributed by atoms with Gasteiger partial charge in [0.15, 0.2) is 0 Å². The molecule has 0 bridgehead atoms. The Kier molecular flexibility index (Phi) is 3.83. The highest BCUT2D eigenvalue weighted by molar-refractivity contribution is 7.99. The summed E-state index contributed by atoms with van der Waals surface area (Å²) in [6, 6.07) is 9.68. The van der Waals surface area contributed by atoms with Crippen LogP contribution < -0.4 is 5.73 Å². The highest BCUT2D eigenvalue weighted by Crippen LogP contribution is 2.30. The number of pyridine rings is 1. The van der Waals surface area contributed by atoms with Crippen molar-refractivity contribution in [3.05, 3.63) is 53.3 Å². The normalized spacial score (nSPS) is 10.4. The van der Waals surface area contributed by atoms with Gasteiger partial charge in [-0.25, -0.2) is 0 Å². The van der Waals surface area contributed by atoms with Crippen molar-refractivity contribution >= 4 is 23.4 Å². The van der Waals surface area contributed by atoms with E-state index in [0.29, 0.717) is 6.54 Å². The number of nitrogens with two attached hydrogens (primary N) is 1. The molecule has 2 N–H and O–H groups in total. The number of aromatic nitrogens is 1. The Bertz CT molecular complexity index is 488. The molecule has 0 saturated carbocycles. The highest BCUT2D eigenvalue weighted by Gasteiger charge is 2.03. The molecule has 0 aliphatic carbocycles. The van der Waals surface area contributed by atoms with Crippen LogP contribution in [-0.2, 0) is 6.54 Å². The van der Waals surface area contributed by atoms with Crippen LogP contribution in [0.5, 0.6) is 0 Å². The van der Waals surface area contributed by atoms with Crippen LogP contribution in [0.2, 0.25) is 5.02 Å². The molecular weight excluding hydrogens is 240 g/mol. The van der Waals surface area contributed by atoms with E-state index in [0.717, 1.165) is 20.4 Å². The van der Waals surface area contributed by atoms with Gasteiger partial charge in [-0.15, -0.1) is 0 Å². The second-order valence-electron chi connectivity index (χ2n) is 3.25. The van der Waals surface area contributed by atoms with Gasteiger partial charge in [0.05, 0.1) is 0 Å². The van der Waals surface area contributed by atoms with E-state index >= 15 is 0 Å². The van der Waals surface area contributed by atoms with Gasteiger partial charge in [0.2, 0.25) is 0 Å². The van der Waals surface area contributed by atoms with Gasteiger partial charge in [-0.2, -0.15) is 0 Å². The Morgan fingerprint density at radius 2 is 2.19 bits per heavy atom. The molecule has 0 radical (unpaired) electrons. The van der Waals surface area contributed by atoms with Gasteiger partial charge >= 0.3 is 0 Å². The van der Waals surface area contributed by atoms with Gasteiger partial charge in [-0.3, -0.25) is 4.98 Å². The third-order valence-corrected chi connectivity index (χ3v) is 3.43. The predicted octanol–water partition coefficient (Wildman–Crippen LogP) is 3.34. The minimum absolute atomic E-state index is 0.519. The van der Waals surface area contributed by atoms with E-state index in [9.17, 15) is 0 Å². The average Bonchev–Trinajstić information content (AvgIpc) is 2.30. The first kappa shape index (κ1) is 11.5. The minimum atomic E-state index is 0.519. The zero-order valence-corrected chi connectivity index (χ0v) is 10.1. The number of hydrogen-bond donors (Lipinski definition) is 1. The van der Waals surface area contributed by atoms with E-state index in [-0.39, 0.29) is 0 Å². The molecule has 0 amide bonds. The standard InChI is InChI=1S/C12H11ClN2S/c13-10-2-1-3-11(6-10)16-12-8-15-5-4-9(12)7-14/h1-6,8H,7,14H2. The lowest BCUT2D eigenvalue weighted by Crippen LogP contribution is -1.98. The van der Waals surface area contributed by atoms with Crippen LogP contribution in [0.3, 0.4) is 0 Å². The van der Waals surface area contributed by atoms with Crippen molar-refractivity contribution in [2.75, 3.05) is 0 Å². The fourth-order valence-electron chi connectivity index (χ4n) is 1.33. The molecular formula is C12H11ClN2S. The van der Waals surface area contributed by atoms with Gasteiger partial charge in [-0.05, 0) is 29.8 Å². The van der Waals surface area contributed by atoms with Crippen molar-refractivity contribution in [3.8, 4) is 0 Å². The Hall–Kier alpha value is -1.03. The second-order valence-corrected chi connectivity index (χ2v) is 4.80. The van der Waals surface area contributed by atoms with Crippen LogP contribution in [0.15, 0.2) is 52.5 Å². The van der Waals surface area contributed by atoms with Crippen molar-refractivity contribution in [1.82, 2.24) is 4.98 Å². The molecule has 0 saturated heterocycles. The van der Waals surface area contributed by atoms with Crippen LogP contribution >= 0.6 is 23.4 Å². The molecule has 0 unspecified atom stereocenters. The minimum Gasteiger partial charge on any atom is -0.326 e. The summed E-state index contributed by atoms with van der Waals surface area (Å²) in [5.74, 6) is 0. The average molecular weight is 251 g/mol. The predicted molar refractivity (Wildman–Crippen MR) is 67.7 cm³/mol. The molecule has 0 aliphatic heterocycles. The molecule has 1 aromatic carbocycles. The maximum Gasteiger partial charge on any atom is 0.0417 e. The SMILES string of the molecule is NCc1ccncc1Sc1cccc(Cl)c1. The summed E-state index contributed by atoms with van der Waals surface area (Å²) in [6.45, 7) is 0.519. The molecule has 16 heavy (non-hydrogen) atoms. The number of halogens is 1. The lowest BCUT2D eigenvalue weighted by Gasteiger charge is -2.06. The van der Waals surface area contributed by atoms with E-state index in [1.165, 1.54) is 0 Å². The van der Waals surface area contributed by atoms with Gasteiger partial charge in [0.1, 0.15) is 0 Å². The largest absolute Gasteiger partial charge is 0.326 e. The van der Waals surface area contributed by atoms with Crippen molar-refractivity contribution < 1.29 is 0 Å². The molecule has 2 aromatic rings. The Morgan fingerprint density at radius 3 is 2.94 bits per heavy atom. The third kappa shape index (κ3) is 2.76. The van der Waals surface area contributed by atoms with Crippen LogP contribution in [-0.4, -0.2) is 4.98 Å². The fraction of sp³-hybridized carbons (Fsp3) is 0.0833. The lowest BCUT2D eigenvalue weighted by molar-refractivity contribution is 1.00. The van der Waals surface area contributed by atoms with Crippen molar-refractivity contribution in [2.24, 2.45) is 5.73 Å². The number of rotatable bonds is 3. The van der Waals surface area contributed by atoms with Gasteiger partial charge < -0.3 is 5.73 Å². The van der Waals surface area contributed by atoms with Crippen LogP contribution in [0.25, 0.3) is 0 Å². The van der Waals surface area contributed by atoms with E-state index < -0.39 is 0 Å². The lowest BCUT2D eigenvalue weighted by atomic mass is 10.3. The maximum atomic E-state index is 5.93. The van der Waals surface area contributed by atoms with Gasteiger partial charge in [-0.1, -0.05) is 29.4 Å². The molecule has 82 valence electrons. The van der Waals surface area contributed by atoms with Gasteiger partial charge in [0, 0.05) is 33.8 Å². The van der Waals surface area contributed by atoms with E-state index in [4.69, 9.17) is 17.3 Å². The van der Waals surface area contributed by atoms with Crippen molar-refractivity contribution in [3.63, 3.8) is 0 Å². The van der Waals surface area contributed by atoms with Crippen LogP contribution in [0.1, 0.15) is 5.56 Å².